The molecular weight excluding hydrogens is 166 g/mol. The molecule has 0 amide bonds. The van der Waals surface area contributed by atoms with E-state index in [9.17, 15) is 4.57 Å². The molecule has 0 N–H and O–H groups in total. The molecule has 2 atom stereocenters. The van der Waals surface area contributed by atoms with Crippen LogP contribution in [0.3, 0.4) is 0 Å². The van der Waals surface area contributed by atoms with E-state index in [1.54, 1.807) is 12.1 Å². The van der Waals surface area contributed by atoms with E-state index < -0.39 is 7.72 Å². The molecule has 0 saturated carbocycles. The number of para-hydroxylation sites is 1. The fourth-order valence-corrected chi connectivity index (χ4v) is 1.28. The van der Waals surface area contributed by atoms with Crippen molar-refractivity contribution in [2.45, 2.75) is 0 Å². The molecule has 10 heavy (non-hydrogen) atoms. The zero-order chi connectivity index (χ0) is 7.40. The summed E-state index contributed by atoms with van der Waals surface area (Å²) < 4.78 is 15.4. The van der Waals surface area contributed by atoms with Crippen molar-refractivity contribution in [3.8, 4) is 5.75 Å². The lowest BCUT2D eigenvalue weighted by Crippen LogP contribution is -1.73. The summed E-state index contributed by atoms with van der Waals surface area (Å²) in [5, 5.41) is 0. The Morgan fingerprint density at radius 2 is 1.90 bits per heavy atom. The predicted octanol–water partition coefficient (Wildman–Crippen LogP) is 2.60. The van der Waals surface area contributed by atoms with Gasteiger partial charge in [0, 0.05) is 0 Å². The molecule has 0 heterocycles. The highest BCUT2D eigenvalue weighted by Crippen LogP contribution is 2.33. The third-order valence-electron chi connectivity index (χ3n) is 0.939. The van der Waals surface area contributed by atoms with Crippen LogP contribution in [0.1, 0.15) is 0 Å². The molecule has 1 rings (SSSR count). The van der Waals surface area contributed by atoms with Crippen LogP contribution in [0, 0.1) is 0 Å². The highest BCUT2D eigenvalue weighted by molar-refractivity contribution is 8.04. The Hall–Kier alpha value is -0.450. The van der Waals surface area contributed by atoms with Gasteiger partial charge in [0.25, 0.3) is 0 Å². The molecule has 0 fully saturated rings. The summed E-state index contributed by atoms with van der Waals surface area (Å²) in [7, 11) is 0.484. The Balaban J connectivity index is 2.67. The van der Waals surface area contributed by atoms with Crippen LogP contribution in [0.4, 0.5) is 0 Å². The van der Waals surface area contributed by atoms with Gasteiger partial charge in [0.1, 0.15) is 0 Å². The maximum absolute atomic E-state index is 10.5. The molecular formula is C6H7O2P2+. The summed E-state index contributed by atoms with van der Waals surface area (Å²) in [6.07, 6.45) is 0. The number of rotatable bonds is 2. The fraction of sp³-hybridized carbons (Fsp3) is 0. The summed E-state index contributed by atoms with van der Waals surface area (Å²) in [5.74, 6) is 0.638. The number of hydrogen-bond donors (Lipinski definition) is 0. The van der Waals surface area contributed by atoms with Gasteiger partial charge in [-0.2, -0.15) is 0 Å². The Bertz CT molecular complexity index is 222. The van der Waals surface area contributed by atoms with Crippen molar-refractivity contribution >= 4 is 16.6 Å². The molecule has 2 nitrogen and oxygen atoms in total. The molecule has 0 aliphatic carbocycles. The predicted molar refractivity (Wildman–Crippen MR) is 44.4 cm³/mol. The third-order valence-corrected chi connectivity index (χ3v) is 1.65. The van der Waals surface area contributed by atoms with Gasteiger partial charge in [0.05, 0.1) is 0 Å². The lowest BCUT2D eigenvalue weighted by Gasteiger charge is -1.87. The summed E-state index contributed by atoms with van der Waals surface area (Å²) in [4.78, 5) is 0. The second-order valence-corrected chi connectivity index (χ2v) is 3.71. The molecule has 0 aliphatic rings. The van der Waals surface area contributed by atoms with E-state index in [0.29, 0.717) is 5.75 Å². The van der Waals surface area contributed by atoms with Crippen molar-refractivity contribution in [1.29, 1.82) is 0 Å². The van der Waals surface area contributed by atoms with Crippen LogP contribution in [0.25, 0.3) is 0 Å². The van der Waals surface area contributed by atoms with Gasteiger partial charge >= 0.3 is 7.72 Å². The van der Waals surface area contributed by atoms with Crippen LogP contribution >= 0.6 is 16.6 Å². The number of hydrogen-bond acceptors (Lipinski definition) is 2. The first-order valence-electron chi connectivity index (χ1n) is 2.74. The average molecular weight is 173 g/mol. The SMILES string of the molecule is O=[P+](P)Oc1ccccc1. The molecule has 0 bridgehead atoms. The molecule has 0 aromatic heterocycles. The zero-order valence-corrected chi connectivity index (χ0v) is 7.28. The van der Waals surface area contributed by atoms with Gasteiger partial charge < -0.3 is 0 Å². The first-order valence-corrected chi connectivity index (χ1v) is 5.53. The van der Waals surface area contributed by atoms with E-state index in [1.807, 2.05) is 18.2 Å². The van der Waals surface area contributed by atoms with Gasteiger partial charge in [-0.1, -0.05) is 18.2 Å². The molecule has 0 radical (unpaired) electrons. The molecule has 1 aromatic carbocycles. The van der Waals surface area contributed by atoms with Crippen LogP contribution in [0.2, 0.25) is 0 Å². The van der Waals surface area contributed by atoms with E-state index in [-0.39, 0.29) is 0 Å². The molecule has 1 aromatic rings. The lowest BCUT2D eigenvalue weighted by atomic mass is 10.3. The summed E-state index contributed by atoms with van der Waals surface area (Å²) in [6, 6.07) is 9.06. The minimum atomic E-state index is -1.61. The first-order chi connectivity index (χ1) is 4.79. The maximum atomic E-state index is 10.5. The van der Waals surface area contributed by atoms with Crippen LogP contribution in [0.15, 0.2) is 30.3 Å². The van der Waals surface area contributed by atoms with Crippen LogP contribution < -0.4 is 4.52 Å². The minimum absolute atomic E-state index is 0.638. The largest absolute Gasteiger partial charge is 0.564 e. The monoisotopic (exact) mass is 173 g/mol. The summed E-state index contributed by atoms with van der Waals surface area (Å²) in [5.41, 5.74) is 0. The van der Waals surface area contributed by atoms with Crippen molar-refractivity contribution in [3.63, 3.8) is 0 Å². The lowest BCUT2D eigenvalue weighted by molar-refractivity contribution is 0.520. The molecule has 0 aliphatic heterocycles. The molecule has 2 unspecified atom stereocenters. The highest BCUT2D eigenvalue weighted by atomic mass is 32.0. The van der Waals surface area contributed by atoms with Gasteiger partial charge in [-0.15, -0.1) is 0 Å². The Labute approximate surface area is 62.6 Å². The van der Waals surface area contributed by atoms with E-state index in [0.717, 1.165) is 0 Å². The second-order valence-electron chi connectivity index (χ2n) is 1.69. The van der Waals surface area contributed by atoms with Crippen molar-refractivity contribution in [1.82, 2.24) is 0 Å². The van der Waals surface area contributed by atoms with E-state index >= 15 is 0 Å². The topological polar surface area (TPSA) is 26.3 Å². The quantitative estimate of drug-likeness (QED) is 0.642. The number of benzene rings is 1. The average Bonchev–Trinajstić information content (AvgIpc) is 1.88. The molecule has 52 valence electrons. The normalized spacial score (nSPS) is 10.7. The fourth-order valence-electron chi connectivity index (χ4n) is 0.585. The zero-order valence-electron chi connectivity index (χ0n) is 5.23. The molecule has 0 saturated heterocycles. The Kier molecular flexibility index (Phi) is 2.80. The maximum Gasteiger partial charge on any atom is 0.564 e. The van der Waals surface area contributed by atoms with Gasteiger partial charge in [-0.25, -0.2) is 0 Å². The third kappa shape index (κ3) is 2.43. The second kappa shape index (κ2) is 3.65. The smallest absolute Gasteiger partial charge is 0.253 e. The first kappa shape index (κ1) is 7.65. The Morgan fingerprint density at radius 3 is 2.40 bits per heavy atom. The van der Waals surface area contributed by atoms with Gasteiger partial charge in [-0.05, 0) is 16.7 Å². The summed E-state index contributed by atoms with van der Waals surface area (Å²) in [6.45, 7) is 0. The van der Waals surface area contributed by atoms with Crippen molar-refractivity contribution in [2.24, 2.45) is 0 Å². The van der Waals surface area contributed by atoms with Crippen LogP contribution in [-0.2, 0) is 4.57 Å². The van der Waals surface area contributed by atoms with Crippen LogP contribution in [0.5, 0.6) is 5.75 Å². The van der Waals surface area contributed by atoms with E-state index in [2.05, 4.69) is 8.93 Å². The minimum Gasteiger partial charge on any atom is -0.253 e. The molecule has 0 spiro atoms. The van der Waals surface area contributed by atoms with Crippen molar-refractivity contribution < 1.29 is 9.09 Å². The van der Waals surface area contributed by atoms with Gasteiger partial charge in [0.15, 0.2) is 14.7 Å². The van der Waals surface area contributed by atoms with E-state index in [4.69, 9.17) is 4.52 Å². The van der Waals surface area contributed by atoms with Gasteiger partial charge in [0.2, 0.25) is 0 Å². The molecule has 4 heteroatoms. The van der Waals surface area contributed by atoms with Crippen LogP contribution in [-0.4, -0.2) is 0 Å². The van der Waals surface area contributed by atoms with Gasteiger partial charge in [-0.3, -0.25) is 4.52 Å². The standard InChI is InChI=1S/C6H7O2P2/c7-10(9)8-6-4-2-1-3-5-6/h1-5H,9H2/q+1. The summed E-state index contributed by atoms with van der Waals surface area (Å²) >= 11 is 0. The Morgan fingerprint density at radius 1 is 1.30 bits per heavy atom. The van der Waals surface area contributed by atoms with Crippen molar-refractivity contribution in [3.05, 3.63) is 30.3 Å². The highest BCUT2D eigenvalue weighted by Gasteiger charge is 2.07. The van der Waals surface area contributed by atoms with Crippen molar-refractivity contribution in [2.75, 3.05) is 0 Å². The van der Waals surface area contributed by atoms with E-state index in [1.165, 1.54) is 0 Å².